The minimum atomic E-state index is -1.49. The Kier molecular flexibility index (Phi) is 2.95. The van der Waals surface area contributed by atoms with E-state index in [1.54, 1.807) is 0 Å². The second kappa shape index (κ2) is 4.32. The fraction of sp³-hybridized carbons (Fsp3) is 0.273. The molecule has 1 aromatic carbocycles. The highest BCUT2D eigenvalue weighted by molar-refractivity contribution is 6.07. The Morgan fingerprint density at radius 2 is 1.89 bits per heavy atom. The van der Waals surface area contributed by atoms with Crippen molar-refractivity contribution < 1.29 is 19.6 Å². The number of nitrogens with zero attached hydrogens (tertiary/aromatic N) is 1. The standard InChI is InChI=1S/C11H11N3O5/c1-11(9(16)12-10(17)13-11)8(15)6-2-4-7(5-3-6)14(18)19/h2-5,8,15H,1H3,(H2,12,13,16,17). The van der Waals surface area contributed by atoms with Crippen LogP contribution in [-0.2, 0) is 4.79 Å². The third-order valence-corrected chi connectivity index (χ3v) is 3.04. The number of nitrogens with one attached hydrogen (secondary N) is 2. The zero-order valence-electron chi connectivity index (χ0n) is 9.91. The maximum atomic E-state index is 11.6. The van der Waals surface area contributed by atoms with Crippen LogP contribution in [0.2, 0.25) is 0 Å². The van der Waals surface area contributed by atoms with E-state index in [1.807, 2.05) is 5.32 Å². The Labute approximate surface area is 107 Å². The quantitative estimate of drug-likeness (QED) is 0.410. The molecule has 2 rings (SSSR count). The topological polar surface area (TPSA) is 122 Å². The van der Waals surface area contributed by atoms with E-state index in [1.165, 1.54) is 31.2 Å². The molecular formula is C11H11N3O5. The van der Waals surface area contributed by atoms with E-state index in [0.717, 1.165) is 0 Å². The number of aliphatic hydroxyl groups excluding tert-OH is 1. The summed E-state index contributed by atoms with van der Waals surface area (Å²) in [6.07, 6.45) is -1.31. The van der Waals surface area contributed by atoms with Crippen molar-refractivity contribution in [1.29, 1.82) is 0 Å². The van der Waals surface area contributed by atoms with Crippen LogP contribution < -0.4 is 10.6 Å². The molecule has 3 amide bonds. The minimum absolute atomic E-state index is 0.124. The lowest BCUT2D eigenvalue weighted by atomic mass is 9.89. The van der Waals surface area contributed by atoms with E-state index in [9.17, 15) is 24.8 Å². The fourth-order valence-corrected chi connectivity index (χ4v) is 1.86. The summed E-state index contributed by atoms with van der Waals surface area (Å²) in [5.74, 6) is -0.650. The first-order valence-corrected chi connectivity index (χ1v) is 5.40. The van der Waals surface area contributed by atoms with Crippen molar-refractivity contribution >= 4 is 17.6 Å². The number of benzene rings is 1. The van der Waals surface area contributed by atoms with Crippen molar-refractivity contribution in [3.8, 4) is 0 Å². The van der Waals surface area contributed by atoms with Gasteiger partial charge in [-0.2, -0.15) is 0 Å². The smallest absolute Gasteiger partial charge is 0.322 e. The molecule has 0 spiro atoms. The Bertz CT molecular complexity index is 556. The largest absolute Gasteiger partial charge is 0.385 e. The van der Waals surface area contributed by atoms with E-state index < -0.39 is 28.5 Å². The number of hydrogen-bond acceptors (Lipinski definition) is 5. The number of non-ortho nitro benzene ring substituents is 1. The molecule has 0 radical (unpaired) electrons. The molecule has 0 aliphatic carbocycles. The molecule has 1 fully saturated rings. The van der Waals surface area contributed by atoms with E-state index in [0.29, 0.717) is 5.56 Å². The van der Waals surface area contributed by atoms with Gasteiger partial charge in [-0.1, -0.05) is 0 Å². The predicted molar refractivity (Wildman–Crippen MR) is 63.1 cm³/mol. The van der Waals surface area contributed by atoms with Gasteiger partial charge in [0.25, 0.3) is 11.6 Å². The van der Waals surface area contributed by atoms with E-state index >= 15 is 0 Å². The van der Waals surface area contributed by atoms with Crippen LogP contribution in [0.3, 0.4) is 0 Å². The summed E-state index contributed by atoms with van der Waals surface area (Å²) in [6, 6.07) is 4.43. The first-order valence-electron chi connectivity index (χ1n) is 5.40. The van der Waals surface area contributed by atoms with Gasteiger partial charge in [-0.3, -0.25) is 20.2 Å². The summed E-state index contributed by atoms with van der Waals surface area (Å²) in [4.78, 5) is 32.7. The number of imide groups is 1. The molecule has 1 aliphatic heterocycles. The molecular weight excluding hydrogens is 254 g/mol. The number of carbonyl (C=O) groups is 2. The molecule has 8 nitrogen and oxygen atoms in total. The number of hydrogen-bond donors (Lipinski definition) is 3. The van der Waals surface area contributed by atoms with Gasteiger partial charge >= 0.3 is 6.03 Å². The zero-order valence-corrected chi connectivity index (χ0v) is 9.91. The average Bonchev–Trinajstić information content (AvgIpc) is 2.63. The molecule has 0 bridgehead atoms. The van der Waals surface area contributed by atoms with Crippen LogP contribution in [0.4, 0.5) is 10.5 Å². The van der Waals surface area contributed by atoms with Crippen LogP contribution in [0, 0.1) is 10.1 Å². The van der Waals surface area contributed by atoms with Crippen LogP contribution in [0.15, 0.2) is 24.3 Å². The van der Waals surface area contributed by atoms with Gasteiger partial charge in [0.15, 0.2) is 0 Å². The number of nitro groups is 1. The van der Waals surface area contributed by atoms with Gasteiger partial charge in [-0.25, -0.2) is 4.79 Å². The van der Waals surface area contributed by atoms with Crippen molar-refractivity contribution in [2.24, 2.45) is 0 Å². The van der Waals surface area contributed by atoms with Crippen LogP contribution >= 0.6 is 0 Å². The summed E-state index contributed by atoms with van der Waals surface area (Å²) in [5.41, 5.74) is -1.32. The van der Waals surface area contributed by atoms with Crippen LogP contribution in [-0.4, -0.2) is 27.5 Å². The van der Waals surface area contributed by atoms with Crippen LogP contribution in [0.25, 0.3) is 0 Å². The third-order valence-electron chi connectivity index (χ3n) is 3.04. The highest BCUT2D eigenvalue weighted by Crippen LogP contribution is 2.29. The summed E-state index contributed by atoms with van der Waals surface area (Å²) >= 11 is 0. The molecule has 19 heavy (non-hydrogen) atoms. The van der Waals surface area contributed by atoms with Gasteiger partial charge in [0.2, 0.25) is 0 Å². The molecule has 0 aromatic heterocycles. The Balaban J connectivity index is 2.29. The summed E-state index contributed by atoms with van der Waals surface area (Å²) in [7, 11) is 0. The molecule has 3 N–H and O–H groups in total. The van der Waals surface area contributed by atoms with E-state index in [2.05, 4.69) is 5.32 Å². The Morgan fingerprint density at radius 3 is 2.32 bits per heavy atom. The molecule has 8 heteroatoms. The molecule has 0 saturated carbocycles. The molecule has 1 saturated heterocycles. The summed E-state index contributed by atoms with van der Waals surface area (Å²) in [5, 5.41) is 25.0. The van der Waals surface area contributed by atoms with Crippen LogP contribution in [0.5, 0.6) is 0 Å². The monoisotopic (exact) mass is 265 g/mol. The maximum Gasteiger partial charge on any atom is 0.322 e. The molecule has 1 heterocycles. The van der Waals surface area contributed by atoms with Crippen LogP contribution in [0.1, 0.15) is 18.6 Å². The number of carbonyl (C=O) groups excluding carboxylic acids is 2. The average molecular weight is 265 g/mol. The molecule has 2 atom stereocenters. The number of urea groups is 1. The number of amides is 3. The number of rotatable bonds is 3. The molecule has 100 valence electrons. The molecule has 2 unspecified atom stereocenters. The van der Waals surface area contributed by atoms with Gasteiger partial charge in [-0.05, 0) is 24.6 Å². The molecule has 1 aliphatic rings. The number of aliphatic hydroxyl groups is 1. The van der Waals surface area contributed by atoms with Gasteiger partial charge in [0, 0.05) is 12.1 Å². The van der Waals surface area contributed by atoms with Gasteiger partial charge in [0.05, 0.1) is 4.92 Å². The van der Waals surface area contributed by atoms with Crippen molar-refractivity contribution in [3.05, 3.63) is 39.9 Å². The lowest BCUT2D eigenvalue weighted by molar-refractivity contribution is -0.384. The Morgan fingerprint density at radius 1 is 1.32 bits per heavy atom. The first-order chi connectivity index (χ1) is 8.84. The van der Waals surface area contributed by atoms with E-state index in [-0.39, 0.29) is 5.69 Å². The van der Waals surface area contributed by atoms with Gasteiger partial charge in [-0.15, -0.1) is 0 Å². The lowest BCUT2D eigenvalue weighted by Gasteiger charge is -2.27. The zero-order chi connectivity index (χ0) is 14.2. The first kappa shape index (κ1) is 13.0. The van der Waals surface area contributed by atoms with Crippen molar-refractivity contribution in [2.75, 3.05) is 0 Å². The second-order valence-electron chi connectivity index (χ2n) is 4.36. The van der Waals surface area contributed by atoms with Crippen molar-refractivity contribution in [3.63, 3.8) is 0 Å². The van der Waals surface area contributed by atoms with Gasteiger partial charge < -0.3 is 10.4 Å². The second-order valence-corrected chi connectivity index (χ2v) is 4.36. The molecule has 1 aromatic rings. The Hall–Kier alpha value is -2.48. The van der Waals surface area contributed by atoms with Gasteiger partial charge in [0.1, 0.15) is 11.6 Å². The lowest BCUT2D eigenvalue weighted by Crippen LogP contribution is -2.49. The summed E-state index contributed by atoms with van der Waals surface area (Å²) in [6.45, 7) is 1.37. The highest BCUT2D eigenvalue weighted by atomic mass is 16.6. The minimum Gasteiger partial charge on any atom is -0.385 e. The highest BCUT2D eigenvalue weighted by Gasteiger charge is 2.48. The predicted octanol–water partition coefficient (Wildman–Crippen LogP) is 0.226. The van der Waals surface area contributed by atoms with Crippen molar-refractivity contribution in [2.45, 2.75) is 18.6 Å². The fourth-order valence-electron chi connectivity index (χ4n) is 1.86. The maximum absolute atomic E-state index is 11.6. The third kappa shape index (κ3) is 2.13. The van der Waals surface area contributed by atoms with E-state index in [4.69, 9.17) is 0 Å². The van der Waals surface area contributed by atoms with Crippen molar-refractivity contribution in [1.82, 2.24) is 10.6 Å². The SMILES string of the molecule is CC1(C(O)c2ccc([N+](=O)[O-])cc2)NC(=O)NC1=O. The normalized spacial score (nSPS) is 23.7. The summed E-state index contributed by atoms with van der Waals surface area (Å²) < 4.78 is 0. The number of nitro benzene ring substituents is 1.